The third-order valence-electron chi connectivity index (χ3n) is 6.87. The number of carbonyl (C=O) groups excluding carboxylic acids is 1. The van der Waals surface area contributed by atoms with E-state index in [2.05, 4.69) is 41.5 Å². The largest absolute Gasteiger partial charge is 0.490 e. The number of carbonyl (C=O) groups is 1. The van der Waals surface area contributed by atoms with Crippen molar-refractivity contribution in [3.63, 3.8) is 0 Å². The number of para-hydroxylation sites is 1. The van der Waals surface area contributed by atoms with Crippen molar-refractivity contribution in [3.05, 3.63) is 89.6 Å². The number of aromatic amines is 1. The van der Waals surface area contributed by atoms with Gasteiger partial charge in [-0.1, -0.05) is 54.1 Å². The summed E-state index contributed by atoms with van der Waals surface area (Å²) in [7, 11) is 0. The van der Waals surface area contributed by atoms with Gasteiger partial charge >= 0.3 is 0 Å². The number of benzene rings is 3. The summed E-state index contributed by atoms with van der Waals surface area (Å²) in [5, 5.41) is 14.3. The normalized spacial score (nSPS) is 14.8. The van der Waals surface area contributed by atoms with Crippen LogP contribution in [-0.4, -0.2) is 34.8 Å². The zero-order chi connectivity index (χ0) is 24.2. The highest BCUT2D eigenvalue weighted by molar-refractivity contribution is 5.98. The van der Waals surface area contributed by atoms with E-state index in [4.69, 9.17) is 4.74 Å². The first-order valence-electron chi connectivity index (χ1n) is 12.4. The highest BCUT2D eigenvalue weighted by atomic mass is 16.5. The summed E-state index contributed by atoms with van der Waals surface area (Å²) in [5.74, 6) is 0.376. The van der Waals surface area contributed by atoms with Crippen LogP contribution < -0.4 is 10.1 Å². The third-order valence-corrected chi connectivity index (χ3v) is 6.87. The van der Waals surface area contributed by atoms with Crippen LogP contribution in [0.15, 0.2) is 72.9 Å². The standard InChI is InChI=1S/C30H32N2O3/c1-20-7-6-8-21(15-20)22-13-14-29(35-25-9-2-3-10-25)27(17-22)30(34)32-24(19-33)16-23-18-31-28-12-5-4-11-26(23)28/h4-8,11-15,17-18,24-25,31,33H,2-3,9-10,16,19H2,1H3,(H,32,34)/t24-/m1/s1. The molecule has 0 bridgehead atoms. The fourth-order valence-electron chi connectivity index (χ4n) is 4.99. The summed E-state index contributed by atoms with van der Waals surface area (Å²) in [5.41, 5.74) is 5.81. The molecule has 1 atom stereocenters. The Bertz CT molecular complexity index is 1320. The quantitative estimate of drug-likeness (QED) is 0.306. The Hall–Kier alpha value is -3.57. The highest BCUT2D eigenvalue weighted by Crippen LogP contribution is 2.31. The minimum absolute atomic E-state index is 0.145. The molecule has 0 unspecified atom stereocenters. The molecular weight excluding hydrogens is 436 g/mol. The Morgan fingerprint density at radius 2 is 1.86 bits per heavy atom. The van der Waals surface area contributed by atoms with Gasteiger partial charge in [0.25, 0.3) is 5.91 Å². The molecular formula is C30H32N2O3. The molecule has 1 aliphatic carbocycles. The number of ether oxygens (including phenoxy) is 1. The Labute approximate surface area is 206 Å². The zero-order valence-electron chi connectivity index (χ0n) is 20.1. The average molecular weight is 469 g/mol. The number of fused-ring (bicyclic) bond motifs is 1. The van der Waals surface area contributed by atoms with E-state index in [1.807, 2.05) is 48.7 Å². The number of aromatic nitrogens is 1. The molecule has 0 aliphatic heterocycles. The second kappa shape index (κ2) is 10.4. The van der Waals surface area contributed by atoms with E-state index in [0.717, 1.165) is 53.3 Å². The number of aliphatic hydroxyl groups excluding tert-OH is 1. The van der Waals surface area contributed by atoms with E-state index >= 15 is 0 Å². The molecule has 0 spiro atoms. The lowest BCUT2D eigenvalue weighted by atomic mass is 10.00. The van der Waals surface area contributed by atoms with Crippen LogP contribution >= 0.6 is 0 Å². The van der Waals surface area contributed by atoms with Gasteiger partial charge in [-0.05, 0) is 73.9 Å². The number of H-pyrrole nitrogens is 1. The minimum Gasteiger partial charge on any atom is -0.490 e. The summed E-state index contributed by atoms with van der Waals surface area (Å²) >= 11 is 0. The van der Waals surface area contributed by atoms with Crippen molar-refractivity contribution in [2.75, 3.05) is 6.61 Å². The number of hydrogen-bond acceptors (Lipinski definition) is 3. The van der Waals surface area contributed by atoms with Gasteiger partial charge in [-0.15, -0.1) is 0 Å². The molecule has 1 aromatic heterocycles. The molecule has 1 saturated carbocycles. The van der Waals surface area contributed by atoms with E-state index in [-0.39, 0.29) is 18.6 Å². The number of amides is 1. The van der Waals surface area contributed by atoms with E-state index in [9.17, 15) is 9.90 Å². The van der Waals surface area contributed by atoms with Gasteiger partial charge in [-0.3, -0.25) is 4.79 Å². The van der Waals surface area contributed by atoms with Crippen molar-refractivity contribution >= 4 is 16.8 Å². The Balaban J connectivity index is 1.41. The van der Waals surface area contributed by atoms with E-state index < -0.39 is 6.04 Å². The maximum Gasteiger partial charge on any atom is 0.255 e. The molecule has 3 aromatic carbocycles. The molecule has 5 rings (SSSR count). The number of aliphatic hydroxyl groups is 1. The van der Waals surface area contributed by atoms with E-state index in [1.54, 1.807) is 0 Å². The fraction of sp³-hybridized carbons (Fsp3) is 0.300. The monoisotopic (exact) mass is 468 g/mol. The third kappa shape index (κ3) is 5.25. The second-order valence-electron chi connectivity index (χ2n) is 9.52. The molecule has 5 nitrogen and oxygen atoms in total. The van der Waals surface area contributed by atoms with Gasteiger partial charge in [-0.25, -0.2) is 0 Å². The maximum atomic E-state index is 13.5. The first kappa shape index (κ1) is 23.2. The molecule has 1 amide bonds. The maximum absolute atomic E-state index is 13.5. The van der Waals surface area contributed by atoms with Crippen molar-refractivity contribution in [1.29, 1.82) is 0 Å². The fourth-order valence-corrected chi connectivity index (χ4v) is 4.99. The smallest absolute Gasteiger partial charge is 0.255 e. The summed E-state index contributed by atoms with van der Waals surface area (Å²) in [6.07, 6.45) is 6.97. The van der Waals surface area contributed by atoms with Crippen LogP contribution in [0.3, 0.4) is 0 Å². The molecule has 3 N–H and O–H groups in total. The van der Waals surface area contributed by atoms with Gasteiger partial charge in [0.15, 0.2) is 0 Å². The number of hydrogen-bond donors (Lipinski definition) is 3. The number of aryl methyl sites for hydroxylation is 1. The van der Waals surface area contributed by atoms with Gasteiger partial charge in [0.05, 0.1) is 24.3 Å². The molecule has 1 heterocycles. The van der Waals surface area contributed by atoms with Crippen LogP contribution in [-0.2, 0) is 6.42 Å². The van der Waals surface area contributed by atoms with Crippen LogP contribution in [0.1, 0.15) is 47.2 Å². The molecule has 1 fully saturated rings. The van der Waals surface area contributed by atoms with Crippen LogP contribution in [0.2, 0.25) is 0 Å². The summed E-state index contributed by atoms with van der Waals surface area (Å²) in [4.78, 5) is 16.8. The van der Waals surface area contributed by atoms with Crippen molar-refractivity contribution in [2.24, 2.45) is 0 Å². The van der Waals surface area contributed by atoms with Gasteiger partial charge in [0, 0.05) is 17.1 Å². The number of nitrogens with one attached hydrogen (secondary N) is 2. The summed E-state index contributed by atoms with van der Waals surface area (Å²) in [6, 6.07) is 21.7. The highest BCUT2D eigenvalue weighted by Gasteiger charge is 2.23. The predicted molar refractivity (Wildman–Crippen MR) is 140 cm³/mol. The van der Waals surface area contributed by atoms with Gasteiger partial charge in [-0.2, -0.15) is 0 Å². The lowest BCUT2D eigenvalue weighted by molar-refractivity contribution is 0.0909. The van der Waals surface area contributed by atoms with Crippen molar-refractivity contribution < 1.29 is 14.6 Å². The molecule has 0 saturated heterocycles. The van der Waals surface area contributed by atoms with Gasteiger partial charge < -0.3 is 20.1 Å². The van der Waals surface area contributed by atoms with Crippen molar-refractivity contribution in [1.82, 2.24) is 10.3 Å². The van der Waals surface area contributed by atoms with Gasteiger partial charge in [0.1, 0.15) is 5.75 Å². The molecule has 180 valence electrons. The van der Waals surface area contributed by atoms with Crippen molar-refractivity contribution in [2.45, 2.75) is 51.2 Å². The zero-order valence-corrected chi connectivity index (χ0v) is 20.1. The molecule has 0 radical (unpaired) electrons. The first-order chi connectivity index (χ1) is 17.1. The van der Waals surface area contributed by atoms with Crippen LogP contribution in [0.5, 0.6) is 5.75 Å². The second-order valence-corrected chi connectivity index (χ2v) is 9.52. The summed E-state index contributed by atoms with van der Waals surface area (Å²) in [6.45, 7) is 1.91. The summed E-state index contributed by atoms with van der Waals surface area (Å²) < 4.78 is 6.29. The van der Waals surface area contributed by atoms with Gasteiger partial charge in [0.2, 0.25) is 0 Å². The Kier molecular flexibility index (Phi) is 6.87. The first-order valence-corrected chi connectivity index (χ1v) is 12.4. The average Bonchev–Trinajstić information content (AvgIpc) is 3.54. The van der Waals surface area contributed by atoms with Crippen LogP contribution in [0.4, 0.5) is 0 Å². The molecule has 35 heavy (non-hydrogen) atoms. The molecule has 4 aromatic rings. The predicted octanol–water partition coefficient (Wildman–Crippen LogP) is 5.80. The van der Waals surface area contributed by atoms with Crippen LogP contribution in [0.25, 0.3) is 22.0 Å². The molecule has 1 aliphatic rings. The van der Waals surface area contributed by atoms with Crippen LogP contribution in [0, 0.1) is 6.92 Å². The topological polar surface area (TPSA) is 74.3 Å². The SMILES string of the molecule is Cc1cccc(-c2ccc(OC3CCCC3)c(C(=O)N[C@@H](CO)Cc3c[nH]c4ccccc34)c2)c1. The number of rotatable bonds is 8. The lowest BCUT2D eigenvalue weighted by Crippen LogP contribution is -2.39. The lowest BCUT2D eigenvalue weighted by Gasteiger charge is -2.20. The van der Waals surface area contributed by atoms with E-state index in [1.165, 1.54) is 5.56 Å². The molecule has 5 heteroatoms. The Morgan fingerprint density at radius 3 is 2.66 bits per heavy atom. The van der Waals surface area contributed by atoms with E-state index in [0.29, 0.717) is 17.7 Å². The van der Waals surface area contributed by atoms with Crippen molar-refractivity contribution in [3.8, 4) is 16.9 Å². The Morgan fingerprint density at radius 1 is 1.06 bits per heavy atom. The minimum atomic E-state index is -0.413.